The third kappa shape index (κ3) is 3.14. The number of rotatable bonds is 4. The Bertz CT molecular complexity index is 756. The first-order chi connectivity index (χ1) is 10.1. The molecular formula is C18H21N3. The van der Waals surface area contributed by atoms with Crippen molar-refractivity contribution in [2.75, 3.05) is 0 Å². The Labute approximate surface area is 125 Å². The average molecular weight is 279 g/mol. The van der Waals surface area contributed by atoms with Gasteiger partial charge in [-0.1, -0.05) is 18.2 Å². The van der Waals surface area contributed by atoms with Gasteiger partial charge in [-0.3, -0.25) is 4.98 Å². The van der Waals surface area contributed by atoms with Gasteiger partial charge in [-0.2, -0.15) is 0 Å². The van der Waals surface area contributed by atoms with Crippen LogP contribution >= 0.6 is 0 Å². The van der Waals surface area contributed by atoms with Crippen molar-refractivity contribution in [3.05, 3.63) is 65.6 Å². The molecule has 21 heavy (non-hydrogen) atoms. The molecule has 3 aromatic rings. The van der Waals surface area contributed by atoms with Crippen LogP contribution < -0.4 is 5.73 Å². The summed E-state index contributed by atoms with van der Waals surface area (Å²) in [4.78, 5) is 4.58. The van der Waals surface area contributed by atoms with E-state index in [0.717, 1.165) is 24.4 Å². The zero-order chi connectivity index (χ0) is 14.8. The van der Waals surface area contributed by atoms with Crippen molar-refractivity contribution in [2.24, 2.45) is 5.73 Å². The van der Waals surface area contributed by atoms with Crippen LogP contribution in [0.2, 0.25) is 0 Å². The molecule has 2 N–H and O–H groups in total. The highest BCUT2D eigenvalue weighted by Crippen LogP contribution is 2.19. The van der Waals surface area contributed by atoms with Gasteiger partial charge in [-0.15, -0.1) is 0 Å². The first-order valence-electron chi connectivity index (χ1n) is 7.38. The molecule has 0 aliphatic carbocycles. The van der Waals surface area contributed by atoms with Crippen molar-refractivity contribution in [2.45, 2.75) is 32.9 Å². The Hall–Kier alpha value is -2.13. The molecule has 3 heteroatoms. The highest BCUT2D eigenvalue weighted by Gasteiger charge is 2.05. The maximum Gasteiger partial charge on any atom is 0.0648 e. The summed E-state index contributed by atoms with van der Waals surface area (Å²) in [5.74, 6) is 0. The summed E-state index contributed by atoms with van der Waals surface area (Å²) in [6.07, 6.45) is 3.04. The lowest BCUT2D eigenvalue weighted by Gasteiger charge is -2.09. The predicted molar refractivity (Wildman–Crippen MR) is 87.4 cm³/mol. The van der Waals surface area contributed by atoms with E-state index in [2.05, 4.69) is 52.1 Å². The van der Waals surface area contributed by atoms with Gasteiger partial charge in [0.05, 0.1) is 12.2 Å². The third-order valence-corrected chi connectivity index (χ3v) is 3.67. The standard InChI is InChI=1S/C18H21N3/c1-13(19)10-15-6-7-16-8-9-21(18(16)11-15)12-17-5-3-4-14(2)20-17/h3-9,11,13H,10,12,19H2,1-2H3. The Balaban J connectivity index is 1.94. The molecule has 3 rings (SSSR count). The van der Waals surface area contributed by atoms with E-state index in [4.69, 9.17) is 5.73 Å². The van der Waals surface area contributed by atoms with E-state index < -0.39 is 0 Å². The van der Waals surface area contributed by atoms with E-state index in [0.29, 0.717) is 0 Å². The molecule has 0 aliphatic heterocycles. The molecule has 108 valence electrons. The number of pyridine rings is 1. The molecular weight excluding hydrogens is 258 g/mol. The highest BCUT2D eigenvalue weighted by atomic mass is 15.0. The van der Waals surface area contributed by atoms with Crippen LogP contribution in [-0.4, -0.2) is 15.6 Å². The van der Waals surface area contributed by atoms with Gasteiger partial charge in [0.25, 0.3) is 0 Å². The van der Waals surface area contributed by atoms with Crippen LogP contribution in [0.1, 0.15) is 23.9 Å². The van der Waals surface area contributed by atoms with Gasteiger partial charge < -0.3 is 10.3 Å². The summed E-state index contributed by atoms with van der Waals surface area (Å²) < 4.78 is 2.25. The number of hydrogen-bond donors (Lipinski definition) is 1. The van der Waals surface area contributed by atoms with Crippen molar-refractivity contribution in [1.82, 2.24) is 9.55 Å². The molecule has 0 fully saturated rings. The maximum absolute atomic E-state index is 5.91. The molecule has 0 amide bonds. The van der Waals surface area contributed by atoms with Crippen LogP contribution in [-0.2, 0) is 13.0 Å². The second kappa shape index (κ2) is 5.70. The minimum absolute atomic E-state index is 0.185. The van der Waals surface area contributed by atoms with Crippen molar-refractivity contribution in [1.29, 1.82) is 0 Å². The fourth-order valence-corrected chi connectivity index (χ4v) is 2.73. The molecule has 0 spiro atoms. The normalized spacial score (nSPS) is 12.7. The highest BCUT2D eigenvalue weighted by molar-refractivity contribution is 5.81. The molecule has 3 nitrogen and oxygen atoms in total. The monoisotopic (exact) mass is 279 g/mol. The minimum Gasteiger partial charge on any atom is -0.341 e. The van der Waals surface area contributed by atoms with Crippen LogP contribution in [0.4, 0.5) is 0 Å². The number of aryl methyl sites for hydroxylation is 1. The molecule has 0 aliphatic rings. The molecule has 0 bridgehead atoms. The molecule has 1 aromatic carbocycles. The largest absolute Gasteiger partial charge is 0.341 e. The number of fused-ring (bicyclic) bond motifs is 1. The summed E-state index contributed by atoms with van der Waals surface area (Å²) in [6, 6.07) is 15.1. The fourth-order valence-electron chi connectivity index (χ4n) is 2.73. The lowest BCUT2D eigenvalue weighted by molar-refractivity contribution is 0.737. The molecule has 1 unspecified atom stereocenters. The second-order valence-corrected chi connectivity index (χ2v) is 5.79. The number of benzene rings is 1. The number of hydrogen-bond acceptors (Lipinski definition) is 2. The van der Waals surface area contributed by atoms with E-state index in [1.54, 1.807) is 0 Å². The first-order valence-corrected chi connectivity index (χ1v) is 7.38. The van der Waals surface area contributed by atoms with Crippen LogP contribution in [0.25, 0.3) is 10.9 Å². The molecule has 0 radical (unpaired) electrons. The Morgan fingerprint density at radius 1 is 1.19 bits per heavy atom. The molecule has 2 heterocycles. The lowest BCUT2D eigenvalue weighted by Crippen LogP contribution is -2.17. The smallest absolute Gasteiger partial charge is 0.0648 e. The van der Waals surface area contributed by atoms with Crippen LogP contribution in [0.15, 0.2) is 48.7 Å². The molecule has 2 aromatic heterocycles. The van der Waals surface area contributed by atoms with Gasteiger partial charge >= 0.3 is 0 Å². The Kier molecular flexibility index (Phi) is 3.76. The Morgan fingerprint density at radius 2 is 2.05 bits per heavy atom. The van der Waals surface area contributed by atoms with E-state index >= 15 is 0 Å². The van der Waals surface area contributed by atoms with Crippen LogP contribution in [0.3, 0.4) is 0 Å². The van der Waals surface area contributed by atoms with Gasteiger partial charge in [0.15, 0.2) is 0 Å². The number of aromatic nitrogens is 2. The lowest BCUT2D eigenvalue weighted by atomic mass is 10.1. The van der Waals surface area contributed by atoms with Gasteiger partial charge in [0.1, 0.15) is 0 Å². The zero-order valence-corrected chi connectivity index (χ0v) is 12.6. The number of nitrogens with zero attached hydrogens (tertiary/aromatic N) is 2. The summed E-state index contributed by atoms with van der Waals surface area (Å²) >= 11 is 0. The summed E-state index contributed by atoms with van der Waals surface area (Å²) in [6.45, 7) is 4.87. The summed E-state index contributed by atoms with van der Waals surface area (Å²) in [5, 5.41) is 1.26. The van der Waals surface area contributed by atoms with Crippen molar-refractivity contribution >= 4 is 10.9 Å². The van der Waals surface area contributed by atoms with E-state index in [9.17, 15) is 0 Å². The number of nitrogens with two attached hydrogens (primary N) is 1. The van der Waals surface area contributed by atoms with Crippen molar-refractivity contribution in [3.8, 4) is 0 Å². The topological polar surface area (TPSA) is 43.8 Å². The average Bonchev–Trinajstić information content (AvgIpc) is 2.81. The van der Waals surface area contributed by atoms with Crippen LogP contribution in [0.5, 0.6) is 0 Å². The van der Waals surface area contributed by atoms with E-state index in [-0.39, 0.29) is 6.04 Å². The predicted octanol–water partition coefficient (Wildman–Crippen LogP) is 3.28. The minimum atomic E-state index is 0.185. The molecule has 0 saturated carbocycles. The van der Waals surface area contributed by atoms with Gasteiger partial charge in [-0.05, 0) is 55.5 Å². The van der Waals surface area contributed by atoms with Gasteiger partial charge in [0, 0.05) is 23.4 Å². The van der Waals surface area contributed by atoms with Gasteiger partial charge in [-0.25, -0.2) is 0 Å². The second-order valence-electron chi connectivity index (χ2n) is 5.79. The first kappa shape index (κ1) is 13.8. The quantitative estimate of drug-likeness (QED) is 0.796. The summed E-state index contributed by atoms with van der Waals surface area (Å²) in [5.41, 5.74) is 10.6. The zero-order valence-electron chi connectivity index (χ0n) is 12.6. The maximum atomic E-state index is 5.91. The summed E-state index contributed by atoms with van der Waals surface area (Å²) in [7, 11) is 0. The fraction of sp³-hybridized carbons (Fsp3) is 0.278. The Morgan fingerprint density at radius 3 is 2.81 bits per heavy atom. The van der Waals surface area contributed by atoms with E-state index in [1.807, 2.05) is 19.9 Å². The molecule has 1 atom stereocenters. The molecule has 0 saturated heterocycles. The third-order valence-electron chi connectivity index (χ3n) is 3.67. The van der Waals surface area contributed by atoms with Crippen molar-refractivity contribution in [3.63, 3.8) is 0 Å². The van der Waals surface area contributed by atoms with Crippen molar-refractivity contribution < 1.29 is 0 Å². The van der Waals surface area contributed by atoms with E-state index in [1.165, 1.54) is 16.5 Å². The van der Waals surface area contributed by atoms with Crippen LogP contribution in [0, 0.1) is 6.92 Å². The van der Waals surface area contributed by atoms with Gasteiger partial charge in [0.2, 0.25) is 0 Å². The SMILES string of the molecule is Cc1cccc(Cn2ccc3ccc(CC(C)N)cc32)n1.